The van der Waals surface area contributed by atoms with Crippen LogP contribution in [0, 0.1) is 19.3 Å². The average molecular weight is 407 g/mol. The summed E-state index contributed by atoms with van der Waals surface area (Å²) in [6.07, 6.45) is 3.22. The molecule has 0 unspecified atom stereocenters. The Morgan fingerprint density at radius 2 is 2.14 bits per heavy atom. The van der Waals surface area contributed by atoms with E-state index in [0.29, 0.717) is 21.4 Å². The van der Waals surface area contributed by atoms with Crippen molar-refractivity contribution in [2.24, 2.45) is 0 Å². The first-order valence-corrected chi connectivity index (χ1v) is 9.55. The molecule has 0 aliphatic rings. The number of fused-ring (bicyclic) bond motifs is 2. The number of aryl methyl sites for hydroxylation is 2. The van der Waals surface area contributed by atoms with E-state index in [0.717, 1.165) is 5.56 Å². The second-order valence-electron chi connectivity index (χ2n) is 6.43. The molecule has 0 bridgehead atoms. The van der Waals surface area contributed by atoms with Gasteiger partial charge >= 0.3 is 0 Å². The van der Waals surface area contributed by atoms with Crippen molar-refractivity contribution in [1.29, 1.82) is 5.41 Å². The van der Waals surface area contributed by atoms with Crippen molar-refractivity contribution in [2.45, 2.75) is 20.4 Å². The van der Waals surface area contributed by atoms with Crippen molar-refractivity contribution >= 4 is 39.1 Å². The molecule has 29 heavy (non-hydrogen) atoms. The predicted molar refractivity (Wildman–Crippen MR) is 110 cm³/mol. The Morgan fingerprint density at radius 3 is 2.83 bits per heavy atom. The van der Waals surface area contributed by atoms with E-state index in [9.17, 15) is 9.59 Å². The van der Waals surface area contributed by atoms with Crippen LogP contribution >= 0.6 is 11.3 Å². The number of carbonyl (C=O) groups excluding carboxylic acids is 1. The van der Waals surface area contributed by atoms with Gasteiger partial charge in [0.25, 0.3) is 11.5 Å². The molecule has 0 aliphatic carbocycles. The summed E-state index contributed by atoms with van der Waals surface area (Å²) in [6, 6.07) is 5.03. The van der Waals surface area contributed by atoms with Crippen LogP contribution in [0.2, 0.25) is 0 Å². The number of aromatic nitrogens is 5. The minimum absolute atomic E-state index is 0.0405. The third kappa shape index (κ3) is 3.13. The molecule has 2 N–H and O–H groups in total. The first kappa shape index (κ1) is 18.7. The number of carbonyl (C=O) groups is 1. The molecule has 4 rings (SSSR count). The molecule has 4 aromatic heterocycles. The second kappa shape index (κ2) is 7.06. The Kier molecular flexibility index (Phi) is 4.55. The van der Waals surface area contributed by atoms with Gasteiger partial charge in [0.15, 0.2) is 0 Å². The Bertz CT molecular complexity index is 1410. The lowest BCUT2D eigenvalue weighted by atomic mass is 10.2. The van der Waals surface area contributed by atoms with Crippen molar-refractivity contribution in [3.8, 4) is 0 Å². The highest BCUT2D eigenvalue weighted by molar-refractivity contribution is 7.15. The molecule has 146 valence electrons. The second-order valence-corrected chi connectivity index (χ2v) is 7.61. The minimum atomic E-state index is -0.542. The van der Waals surface area contributed by atoms with Crippen LogP contribution in [0.4, 0.5) is 5.13 Å². The quantitative estimate of drug-likeness (QED) is 0.396. The van der Waals surface area contributed by atoms with Gasteiger partial charge in [-0.05, 0) is 31.5 Å². The number of nitrogens with one attached hydrogen (secondary N) is 2. The molecule has 0 saturated carbocycles. The molecule has 0 atom stereocenters. The molecule has 1 amide bonds. The Balaban J connectivity index is 2.00. The van der Waals surface area contributed by atoms with Crippen LogP contribution in [0.15, 0.2) is 41.8 Å². The number of hydrogen-bond acceptors (Lipinski definition) is 7. The SMILES string of the molecule is C=CCn1c(=N)c(C(=O)Nc2nnc(C)s2)cc2c(=O)n3cccc(C)c3nc21. The molecule has 10 heteroatoms. The van der Waals surface area contributed by atoms with E-state index < -0.39 is 5.91 Å². The number of rotatable bonds is 4. The average Bonchev–Trinajstić information content (AvgIpc) is 3.09. The van der Waals surface area contributed by atoms with Crippen LogP contribution in [0.3, 0.4) is 0 Å². The summed E-state index contributed by atoms with van der Waals surface area (Å²) in [6.45, 7) is 7.58. The van der Waals surface area contributed by atoms with Crippen molar-refractivity contribution in [2.75, 3.05) is 5.32 Å². The standard InChI is InChI=1S/C19H17N7O2S/c1-4-7-25-14(20)12(17(27)22-19-24-23-11(3)29-19)9-13-16(25)21-15-10(2)6-5-8-26(15)18(13)28/h4-6,8-9,20H,1,7H2,2-3H3,(H,22,24,27). The third-order valence-electron chi connectivity index (χ3n) is 4.44. The molecule has 0 radical (unpaired) electrons. The predicted octanol–water partition coefficient (Wildman–Crippen LogP) is 2.04. The number of nitrogens with zero attached hydrogens (tertiary/aromatic N) is 5. The van der Waals surface area contributed by atoms with E-state index in [1.165, 1.54) is 26.4 Å². The number of amides is 1. The van der Waals surface area contributed by atoms with E-state index >= 15 is 0 Å². The molecule has 0 aliphatic heterocycles. The summed E-state index contributed by atoms with van der Waals surface area (Å²) in [5, 5.41) is 20.2. The zero-order chi connectivity index (χ0) is 20.7. The van der Waals surface area contributed by atoms with Crippen LogP contribution < -0.4 is 16.4 Å². The molecule has 0 spiro atoms. The highest BCUT2D eigenvalue weighted by atomic mass is 32.1. The highest BCUT2D eigenvalue weighted by Crippen LogP contribution is 2.16. The first-order valence-electron chi connectivity index (χ1n) is 8.73. The fourth-order valence-corrected chi connectivity index (χ4v) is 3.67. The Labute approximate surface area is 168 Å². The molecular formula is C19H17N7O2S. The lowest BCUT2D eigenvalue weighted by Crippen LogP contribution is -2.32. The molecule has 0 fully saturated rings. The number of pyridine rings is 2. The van der Waals surface area contributed by atoms with Gasteiger partial charge in [0, 0.05) is 12.7 Å². The molecule has 9 nitrogen and oxygen atoms in total. The summed E-state index contributed by atoms with van der Waals surface area (Å²) < 4.78 is 2.94. The maximum absolute atomic E-state index is 13.1. The summed E-state index contributed by atoms with van der Waals surface area (Å²) >= 11 is 1.22. The van der Waals surface area contributed by atoms with Crippen molar-refractivity contribution in [3.05, 3.63) is 69.0 Å². The van der Waals surface area contributed by atoms with E-state index in [-0.39, 0.29) is 28.5 Å². The van der Waals surface area contributed by atoms with Gasteiger partial charge < -0.3 is 4.57 Å². The zero-order valence-electron chi connectivity index (χ0n) is 15.8. The minimum Gasteiger partial charge on any atom is -0.306 e. The largest absolute Gasteiger partial charge is 0.306 e. The summed E-state index contributed by atoms with van der Waals surface area (Å²) in [4.78, 5) is 30.5. The van der Waals surface area contributed by atoms with Gasteiger partial charge in [0.1, 0.15) is 21.8 Å². The van der Waals surface area contributed by atoms with E-state index in [2.05, 4.69) is 27.1 Å². The summed E-state index contributed by atoms with van der Waals surface area (Å²) in [5.74, 6) is -0.542. The normalized spacial score (nSPS) is 11.1. The molecule has 4 aromatic rings. The van der Waals surface area contributed by atoms with Gasteiger partial charge in [0.05, 0.1) is 10.9 Å². The lowest BCUT2D eigenvalue weighted by Gasteiger charge is -2.13. The van der Waals surface area contributed by atoms with E-state index in [1.54, 1.807) is 25.3 Å². The van der Waals surface area contributed by atoms with Crippen molar-refractivity contribution in [3.63, 3.8) is 0 Å². The van der Waals surface area contributed by atoms with Gasteiger partial charge in [0.2, 0.25) is 5.13 Å². The fourth-order valence-electron chi connectivity index (χ4n) is 3.09. The first-order chi connectivity index (χ1) is 13.9. The zero-order valence-corrected chi connectivity index (χ0v) is 16.6. The van der Waals surface area contributed by atoms with Gasteiger partial charge in [-0.15, -0.1) is 16.8 Å². The van der Waals surface area contributed by atoms with E-state index in [4.69, 9.17) is 5.41 Å². The van der Waals surface area contributed by atoms with Gasteiger partial charge in [-0.25, -0.2) is 4.98 Å². The maximum Gasteiger partial charge on any atom is 0.267 e. The van der Waals surface area contributed by atoms with Gasteiger partial charge in [-0.3, -0.25) is 24.7 Å². The van der Waals surface area contributed by atoms with Crippen LogP contribution in [-0.4, -0.2) is 30.1 Å². The lowest BCUT2D eigenvalue weighted by molar-refractivity contribution is 0.102. The number of hydrogen-bond donors (Lipinski definition) is 2. The third-order valence-corrected chi connectivity index (χ3v) is 5.19. The molecule has 4 heterocycles. The number of anilines is 1. The van der Waals surface area contributed by atoms with Crippen molar-refractivity contribution in [1.82, 2.24) is 24.1 Å². The summed E-state index contributed by atoms with van der Waals surface area (Å²) in [7, 11) is 0. The Hall–Kier alpha value is -3.66. The molecular weight excluding hydrogens is 390 g/mol. The van der Waals surface area contributed by atoms with Crippen LogP contribution in [-0.2, 0) is 6.54 Å². The topological polar surface area (TPSA) is 118 Å². The monoisotopic (exact) mass is 407 g/mol. The highest BCUT2D eigenvalue weighted by Gasteiger charge is 2.18. The van der Waals surface area contributed by atoms with Crippen LogP contribution in [0.1, 0.15) is 20.9 Å². The van der Waals surface area contributed by atoms with Crippen LogP contribution in [0.5, 0.6) is 0 Å². The maximum atomic E-state index is 13.1. The molecule has 0 saturated heterocycles. The number of allylic oxidation sites excluding steroid dienone is 1. The Morgan fingerprint density at radius 1 is 1.34 bits per heavy atom. The van der Waals surface area contributed by atoms with Gasteiger partial charge in [-0.2, -0.15) is 0 Å². The molecule has 0 aromatic carbocycles. The van der Waals surface area contributed by atoms with Crippen molar-refractivity contribution < 1.29 is 4.79 Å². The summed E-state index contributed by atoms with van der Waals surface area (Å²) in [5.41, 5.74) is 1.32. The smallest absolute Gasteiger partial charge is 0.267 e. The fraction of sp³-hybridized carbons (Fsp3) is 0.158. The van der Waals surface area contributed by atoms with Gasteiger partial charge in [-0.1, -0.05) is 23.5 Å². The van der Waals surface area contributed by atoms with Crippen LogP contribution in [0.25, 0.3) is 16.7 Å². The van der Waals surface area contributed by atoms with E-state index in [1.807, 2.05) is 13.0 Å².